The molecule has 144 valence electrons. The summed E-state index contributed by atoms with van der Waals surface area (Å²) in [5, 5.41) is 15.2. The van der Waals surface area contributed by atoms with E-state index in [0.29, 0.717) is 12.7 Å². The molecule has 1 aliphatic rings. The molecule has 0 aliphatic heterocycles. The van der Waals surface area contributed by atoms with Gasteiger partial charge in [-0.05, 0) is 18.9 Å². The Labute approximate surface area is 153 Å². The van der Waals surface area contributed by atoms with Crippen LogP contribution in [0.4, 0.5) is 24.7 Å². The molecule has 7 nitrogen and oxygen atoms in total. The number of alkyl halides is 3. The summed E-state index contributed by atoms with van der Waals surface area (Å²) >= 11 is 0. The zero-order valence-electron chi connectivity index (χ0n) is 14.2. The van der Waals surface area contributed by atoms with Gasteiger partial charge in [0.2, 0.25) is 0 Å². The highest BCUT2D eigenvalue weighted by molar-refractivity contribution is 6.05. The van der Waals surface area contributed by atoms with Crippen LogP contribution in [0, 0.1) is 5.92 Å². The van der Waals surface area contributed by atoms with Crippen LogP contribution in [0.2, 0.25) is 0 Å². The first-order valence-electron chi connectivity index (χ1n) is 8.41. The van der Waals surface area contributed by atoms with Crippen LogP contribution in [-0.4, -0.2) is 38.6 Å². The highest BCUT2D eigenvalue weighted by Crippen LogP contribution is 2.30. The van der Waals surface area contributed by atoms with Crippen molar-refractivity contribution < 1.29 is 23.1 Å². The minimum absolute atomic E-state index is 0.0515. The van der Waals surface area contributed by atoms with Crippen molar-refractivity contribution in [2.45, 2.75) is 31.5 Å². The number of carbonyl (C=O) groups excluding carboxylic acids is 1. The number of nitrogens with one attached hydrogen (secondary N) is 2. The predicted molar refractivity (Wildman–Crippen MR) is 91.1 cm³/mol. The van der Waals surface area contributed by atoms with Gasteiger partial charge in [-0.2, -0.15) is 13.2 Å². The van der Waals surface area contributed by atoms with Crippen molar-refractivity contribution in [2.75, 3.05) is 17.2 Å². The van der Waals surface area contributed by atoms with Crippen LogP contribution >= 0.6 is 0 Å². The lowest BCUT2D eigenvalue weighted by Crippen LogP contribution is -2.24. The van der Waals surface area contributed by atoms with Crippen molar-refractivity contribution >= 4 is 17.4 Å². The summed E-state index contributed by atoms with van der Waals surface area (Å²) in [6, 6.07) is 0.795. The second-order valence-corrected chi connectivity index (χ2v) is 6.31. The zero-order chi connectivity index (χ0) is 19.4. The Hall–Kier alpha value is -2.75. The lowest BCUT2D eigenvalue weighted by Gasteiger charge is -2.16. The Morgan fingerprint density at radius 2 is 2.00 bits per heavy atom. The SMILES string of the molecule is O=C(Nc1cncc(C(F)(F)F)c1)c1nccnc1NCC1CCCC1O. The summed E-state index contributed by atoms with van der Waals surface area (Å²) < 4.78 is 38.3. The summed E-state index contributed by atoms with van der Waals surface area (Å²) in [6.07, 6.45) is 2.09. The normalized spacial score (nSPS) is 19.7. The van der Waals surface area contributed by atoms with E-state index < -0.39 is 23.8 Å². The van der Waals surface area contributed by atoms with Gasteiger partial charge in [-0.1, -0.05) is 6.42 Å². The van der Waals surface area contributed by atoms with E-state index in [4.69, 9.17) is 0 Å². The van der Waals surface area contributed by atoms with E-state index in [9.17, 15) is 23.1 Å². The largest absolute Gasteiger partial charge is 0.417 e. The third kappa shape index (κ3) is 4.70. The molecule has 10 heteroatoms. The van der Waals surface area contributed by atoms with Crippen LogP contribution in [0.25, 0.3) is 0 Å². The molecule has 0 saturated heterocycles. The van der Waals surface area contributed by atoms with Gasteiger partial charge >= 0.3 is 6.18 Å². The van der Waals surface area contributed by atoms with Crippen molar-refractivity contribution in [1.82, 2.24) is 15.0 Å². The maximum absolute atomic E-state index is 12.8. The van der Waals surface area contributed by atoms with Crippen molar-refractivity contribution in [1.29, 1.82) is 0 Å². The first-order valence-corrected chi connectivity index (χ1v) is 8.41. The van der Waals surface area contributed by atoms with E-state index in [2.05, 4.69) is 25.6 Å². The lowest BCUT2D eigenvalue weighted by molar-refractivity contribution is -0.137. The number of carbonyl (C=O) groups is 1. The van der Waals surface area contributed by atoms with Crippen LogP contribution in [0.5, 0.6) is 0 Å². The van der Waals surface area contributed by atoms with Gasteiger partial charge in [-0.15, -0.1) is 0 Å². The number of rotatable bonds is 5. The number of nitrogens with zero attached hydrogens (tertiary/aromatic N) is 3. The Bertz CT molecular complexity index is 815. The second kappa shape index (κ2) is 7.87. The molecule has 3 rings (SSSR count). The fraction of sp³-hybridized carbons (Fsp3) is 0.412. The molecule has 27 heavy (non-hydrogen) atoms. The molecule has 0 radical (unpaired) electrons. The Morgan fingerprint density at radius 1 is 1.22 bits per heavy atom. The molecular formula is C17H18F3N5O2. The number of halogens is 3. The van der Waals surface area contributed by atoms with Crippen LogP contribution in [0.1, 0.15) is 35.3 Å². The first-order chi connectivity index (χ1) is 12.8. The average Bonchev–Trinajstić information content (AvgIpc) is 3.04. The third-order valence-corrected chi connectivity index (χ3v) is 4.39. The van der Waals surface area contributed by atoms with Gasteiger partial charge in [-0.3, -0.25) is 9.78 Å². The summed E-state index contributed by atoms with van der Waals surface area (Å²) in [6.45, 7) is 0.422. The van der Waals surface area contributed by atoms with Crippen LogP contribution in [-0.2, 0) is 6.18 Å². The molecule has 1 fully saturated rings. The first kappa shape index (κ1) is 19.0. The average molecular weight is 381 g/mol. The monoisotopic (exact) mass is 381 g/mol. The number of aromatic nitrogens is 3. The summed E-state index contributed by atoms with van der Waals surface area (Å²) in [7, 11) is 0. The molecule has 1 saturated carbocycles. The number of amides is 1. The van der Waals surface area contributed by atoms with Gasteiger partial charge in [-0.25, -0.2) is 9.97 Å². The maximum atomic E-state index is 12.8. The third-order valence-electron chi connectivity index (χ3n) is 4.39. The number of aliphatic hydroxyl groups excluding tert-OH is 1. The quantitative estimate of drug-likeness (QED) is 0.736. The van der Waals surface area contributed by atoms with Crippen molar-refractivity contribution in [3.63, 3.8) is 0 Å². The summed E-state index contributed by atoms with van der Waals surface area (Å²) in [5.74, 6) is -0.455. The van der Waals surface area contributed by atoms with Gasteiger partial charge in [0.05, 0.1) is 23.6 Å². The van der Waals surface area contributed by atoms with E-state index >= 15 is 0 Å². The van der Waals surface area contributed by atoms with Crippen molar-refractivity contribution in [3.8, 4) is 0 Å². The summed E-state index contributed by atoms with van der Waals surface area (Å²) in [4.78, 5) is 24.0. The van der Waals surface area contributed by atoms with Gasteiger partial charge in [0, 0.05) is 31.1 Å². The summed E-state index contributed by atoms with van der Waals surface area (Å²) in [5.41, 5.74) is -1.12. The molecule has 2 unspecified atom stereocenters. The number of hydrogen-bond donors (Lipinski definition) is 3. The minimum Gasteiger partial charge on any atom is -0.393 e. The molecule has 3 N–H and O–H groups in total. The number of anilines is 2. The number of hydrogen-bond acceptors (Lipinski definition) is 6. The molecule has 1 amide bonds. The molecule has 0 spiro atoms. The van der Waals surface area contributed by atoms with E-state index in [1.807, 2.05) is 0 Å². The van der Waals surface area contributed by atoms with Crippen molar-refractivity contribution in [3.05, 3.63) is 42.1 Å². The second-order valence-electron chi connectivity index (χ2n) is 6.31. The highest BCUT2D eigenvalue weighted by atomic mass is 19.4. The molecular weight excluding hydrogens is 363 g/mol. The van der Waals surface area contributed by atoms with E-state index in [-0.39, 0.29) is 23.1 Å². The molecule has 2 heterocycles. The molecule has 1 aliphatic carbocycles. The van der Waals surface area contributed by atoms with E-state index in [1.165, 1.54) is 12.4 Å². The molecule has 2 aromatic heterocycles. The van der Waals surface area contributed by atoms with Crippen molar-refractivity contribution in [2.24, 2.45) is 5.92 Å². The minimum atomic E-state index is -4.56. The highest BCUT2D eigenvalue weighted by Gasteiger charge is 2.31. The van der Waals surface area contributed by atoms with Gasteiger partial charge in [0.25, 0.3) is 5.91 Å². The fourth-order valence-corrected chi connectivity index (χ4v) is 2.97. The topological polar surface area (TPSA) is 100 Å². The Kier molecular flexibility index (Phi) is 5.54. The predicted octanol–water partition coefficient (Wildman–Crippen LogP) is 2.72. The molecule has 2 aromatic rings. The molecule has 0 aromatic carbocycles. The van der Waals surface area contributed by atoms with Crippen LogP contribution in [0.15, 0.2) is 30.9 Å². The van der Waals surface area contributed by atoms with Crippen LogP contribution in [0.3, 0.4) is 0 Å². The molecule has 0 bridgehead atoms. The van der Waals surface area contributed by atoms with E-state index in [1.54, 1.807) is 0 Å². The standard InChI is InChI=1S/C17H18F3N5O2/c18-17(19,20)11-6-12(9-21-8-11)25-16(27)14-15(23-5-4-22-14)24-7-10-2-1-3-13(10)26/h4-6,8-10,13,26H,1-3,7H2,(H,23,24)(H,25,27). The van der Waals surface area contributed by atoms with Gasteiger partial charge in [0.1, 0.15) is 0 Å². The van der Waals surface area contributed by atoms with Crippen LogP contribution < -0.4 is 10.6 Å². The van der Waals surface area contributed by atoms with E-state index in [0.717, 1.165) is 31.5 Å². The fourth-order valence-electron chi connectivity index (χ4n) is 2.97. The number of aliphatic hydroxyl groups is 1. The Morgan fingerprint density at radius 3 is 2.70 bits per heavy atom. The lowest BCUT2D eigenvalue weighted by atomic mass is 10.1. The zero-order valence-corrected chi connectivity index (χ0v) is 14.2. The maximum Gasteiger partial charge on any atom is 0.417 e. The van der Waals surface area contributed by atoms with Gasteiger partial charge < -0.3 is 15.7 Å². The Balaban J connectivity index is 1.72. The van der Waals surface area contributed by atoms with Gasteiger partial charge in [0.15, 0.2) is 11.5 Å². The molecule has 2 atom stereocenters. The number of pyridine rings is 1. The smallest absolute Gasteiger partial charge is 0.393 e.